The van der Waals surface area contributed by atoms with Gasteiger partial charge in [0.15, 0.2) is 0 Å². The van der Waals surface area contributed by atoms with Crippen LogP contribution in [0.4, 0.5) is 0 Å². The lowest BCUT2D eigenvalue weighted by molar-refractivity contribution is 0.281. The molecule has 2 aromatic rings. The zero-order valence-electron chi connectivity index (χ0n) is 10.0. The summed E-state index contributed by atoms with van der Waals surface area (Å²) in [7, 11) is 0. The van der Waals surface area contributed by atoms with Crippen molar-refractivity contribution in [3.05, 3.63) is 29.3 Å². The number of nitrogens with zero attached hydrogens (tertiary/aromatic N) is 2. The third-order valence-corrected chi connectivity index (χ3v) is 4.33. The number of hydrogen-bond acceptors (Lipinski definition) is 3. The Balaban J connectivity index is 2.06. The Labute approximate surface area is 115 Å². The van der Waals surface area contributed by atoms with Crippen molar-refractivity contribution in [2.45, 2.75) is 19.9 Å². The van der Waals surface area contributed by atoms with Gasteiger partial charge in [-0.3, -0.25) is 4.90 Å². The average Bonchev–Trinajstić information content (AvgIpc) is 2.76. The Morgan fingerprint density at radius 3 is 2.88 bits per heavy atom. The molecule has 0 N–H and O–H groups in total. The number of rotatable bonds is 6. The van der Waals surface area contributed by atoms with Crippen LogP contribution in [0.25, 0.3) is 10.2 Å². The Bertz CT molecular complexity index is 436. The summed E-state index contributed by atoms with van der Waals surface area (Å²) in [5.74, 6) is 0. The molecular weight excluding hydrogens is 296 g/mol. The lowest BCUT2D eigenvalue weighted by Gasteiger charge is -2.17. The molecule has 1 aromatic carbocycles. The highest BCUT2D eigenvalue weighted by Gasteiger charge is 2.07. The number of fused-ring (bicyclic) bond motifs is 1. The molecule has 0 radical (unpaired) electrons. The van der Waals surface area contributed by atoms with Crippen LogP contribution in [0, 0.1) is 0 Å². The van der Waals surface area contributed by atoms with E-state index in [1.807, 2.05) is 17.4 Å². The van der Waals surface area contributed by atoms with Crippen LogP contribution in [0.5, 0.6) is 0 Å². The fourth-order valence-electron chi connectivity index (χ4n) is 1.81. The van der Waals surface area contributed by atoms with Crippen molar-refractivity contribution in [3.63, 3.8) is 0 Å². The molecule has 0 spiro atoms. The molecule has 1 heterocycles. The monoisotopic (exact) mass is 312 g/mol. The van der Waals surface area contributed by atoms with Gasteiger partial charge in [0.2, 0.25) is 0 Å². The summed E-state index contributed by atoms with van der Waals surface area (Å²) in [6, 6.07) is 8.36. The highest BCUT2D eigenvalue weighted by atomic mass is 79.9. The van der Waals surface area contributed by atoms with Gasteiger partial charge in [-0.2, -0.15) is 0 Å². The number of hydrogen-bond donors (Lipinski definition) is 0. The summed E-state index contributed by atoms with van der Waals surface area (Å²) in [6.07, 6.45) is 1.19. The highest BCUT2D eigenvalue weighted by Crippen LogP contribution is 2.22. The summed E-state index contributed by atoms with van der Waals surface area (Å²) < 4.78 is 1.29. The summed E-state index contributed by atoms with van der Waals surface area (Å²) in [5, 5.41) is 2.30. The second kappa shape index (κ2) is 6.47. The normalized spacial score (nSPS) is 11.5. The fourth-order valence-corrected chi connectivity index (χ4v) is 3.07. The van der Waals surface area contributed by atoms with E-state index in [9.17, 15) is 0 Å². The summed E-state index contributed by atoms with van der Waals surface area (Å²) in [5.41, 5.74) is 1.13. The van der Waals surface area contributed by atoms with Crippen LogP contribution in [0.15, 0.2) is 24.3 Å². The third-order valence-electron chi connectivity index (χ3n) is 2.75. The summed E-state index contributed by atoms with van der Waals surface area (Å²) in [6.45, 7) is 5.41. The van der Waals surface area contributed by atoms with Gasteiger partial charge in [-0.15, -0.1) is 11.3 Å². The molecule has 0 atom stereocenters. The molecule has 0 aliphatic rings. The number of benzene rings is 1. The van der Waals surface area contributed by atoms with Crippen molar-refractivity contribution in [2.75, 3.05) is 18.4 Å². The second-order valence-electron chi connectivity index (χ2n) is 3.99. The van der Waals surface area contributed by atoms with Gasteiger partial charge in [0, 0.05) is 5.33 Å². The lowest BCUT2D eigenvalue weighted by atomic mass is 10.3. The highest BCUT2D eigenvalue weighted by molar-refractivity contribution is 9.09. The van der Waals surface area contributed by atoms with Crippen molar-refractivity contribution in [1.82, 2.24) is 9.88 Å². The predicted molar refractivity (Wildman–Crippen MR) is 79.0 cm³/mol. The molecule has 0 bridgehead atoms. The molecule has 0 saturated carbocycles. The van der Waals surface area contributed by atoms with E-state index in [0.29, 0.717) is 0 Å². The van der Waals surface area contributed by atoms with E-state index in [2.05, 4.69) is 50.9 Å². The minimum Gasteiger partial charge on any atom is -0.297 e. The quantitative estimate of drug-likeness (QED) is 0.752. The topological polar surface area (TPSA) is 16.1 Å². The molecule has 2 nitrogen and oxygen atoms in total. The van der Waals surface area contributed by atoms with E-state index >= 15 is 0 Å². The smallest absolute Gasteiger partial charge is 0.108 e. The number of thiazole rings is 1. The van der Waals surface area contributed by atoms with Crippen molar-refractivity contribution in [1.29, 1.82) is 0 Å². The largest absolute Gasteiger partial charge is 0.297 e. The lowest BCUT2D eigenvalue weighted by Crippen LogP contribution is -2.24. The van der Waals surface area contributed by atoms with Crippen molar-refractivity contribution in [2.24, 2.45) is 0 Å². The standard InChI is InChI=1S/C13H17BrN2S/c1-2-16(9-5-8-14)10-13-15-11-6-3-4-7-12(11)17-13/h3-4,6-7H,2,5,8-10H2,1H3. The van der Waals surface area contributed by atoms with Gasteiger partial charge in [-0.05, 0) is 31.6 Å². The zero-order valence-corrected chi connectivity index (χ0v) is 12.4. The third kappa shape index (κ3) is 3.50. The Morgan fingerprint density at radius 2 is 2.18 bits per heavy atom. The first-order valence-corrected chi connectivity index (χ1v) is 7.90. The van der Waals surface area contributed by atoms with Crippen molar-refractivity contribution >= 4 is 37.5 Å². The number of aromatic nitrogens is 1. The number of para-hydroxylation sites is 1. The van der Waals surface area contributed by atoms with Crippen LogP contribution in [0.1, 0.15) is 18.4 Å². The molecule has 4 heteroatoms. The average molecular weight is 313 g/mol. The Morgan fingerprint density at radius 1 is 1.35 bits per heavy atom. The van der Waals surface area contributed by atoms with Crippen LogP contribution < -0.4 is 0 Å². The molecule has 0 fully saturated rings. The van der Waals surface area contributed by atoms with Crippen molar-refractivity contribution in [3.8, 4) is 0 Å². The van der Waals surface area contributed by atoms with Gasteiger partial charge in [0.25, 0.3) is 0 Å². The first-order valence-electron chi connectivity index (χ1n) is 5.96. The van der Waals surface area contributed by atoms with Gasteiger partial charge in [0.05, 0.1) is 16.8 Å². The van der Waals surface area contributed by atoms with Gasteiger partial charge in [-0.25, -0.2) is 4.98 Å². The molecule has 0 aliphatic heterocycles. The second-order valence-corrected chi connectivity index (χ2v) is 5.89. The van der Waals surface area contributed by atoms with E-state index in [-0.39, 0.29) is 0 Å². The Hall–Kier alpha value is -0.450. The molecular formula is C13H17BrN2S. The minimum atomic E-state index is 0.975. The van der Waals surface area contributed by atoms with Gasteiger partial charge >= 0.3 is 0 Å². The SMILES string of the molecule is CCN(CCCBr)Cc1nc2ccccc2s1. The van der Waals surface area contributed by atoms with Crippen LogP contribution >= 0.6 is 27.3 Å². The van der Waals surface area contributed by atoms with E-state index < -0.39 is 0 Å². The first kappa shape index (κ1) is 13.0. The number of halogens is 1. The maximum Gasteiger partial charge on any atom is 0.108 e. The summed E-state index contributed by atoms with van der Waals surface area (Å²) in [4.78, 5) is 7.12. The van der Waals surface area contributed by atoms with E-state index in [1.165, 1.54) is 16.1 Å². The first-order chi connectivity index (χ1) is 8.33. The fraction of sp³-hybridized carbons (Fsp3) is 0.462. The van der Waals surface area contributed by atoms with Crippen molar-refractivity contribution < 1.29 is 0 Å². The predicted octanol–water partition coefficient (Wildman–Crippen LogP) is 3.90. The number of alkyl halides is 1. The maximum atomic E-state index is 4.67. The zero-order chi connectivity index (χ0) is 12.1. The van der Waals surface area contributed by atoms with Crippen LogP contribution in [0.2, 0.25) is 0 Å². The molecule has 0 aliphatic carbocycles. The molecule has 92 valence electrons. The molecule has 17 heavy (non-hydrogen) atoms. The van der Waals surface area contributed by atoms with E-state index in [4.69, 9.17) is 0 Å². The van der Waals surface area contributed by atoms with Crippen LogP contribution in [-0.4, -0.2) is 28.3 Å². The molecule has 0 saturated heterocycles. The van der Waals surface area contributed by atoms with E-state index in [1.54, 1.807) is 0 Å². The van der Waals surface area contributed by atoms with Crippen LogP contribution in [0.3, 0.4) is 0 Å². The van der Waals surface area contributed by atoms with Gasteiger partial charge < -0.3 is 0 Å². The molecule has 2 rings (SSSR count). The minimum absolute atomic E-state index is 0.975. The van der Waals surface area contributed by atoms with Gasteiger partial charge in [-0.1, -0.05) is 35.0 Å². The Kier molecular flexibility index (Phi) is 4.95. The molecule has 0 unspecified atom stereocenters. The van der Waals surface area contributed by atoms with Gasteiger partial charge in [0.1, 0.15) is 5.01 Å². The molecule has 1 aromatic heterocycles. The molecule has 0 amide bonds. The van der Waals surface area contributed by atoms with Crippen LogP contribution in [-0.2, 0) is 6.54 Å². The summed E-state index contributed by atoms with van der Waals surface area (Å²) >= 11 is 5.29. The maximum absolute atomic E-state index is 4.67. The van der Waals surface area contributed by atoms with E-state index in [0.717, 1.165) is 30.5 Å².